The molecule has 5 heteroatoms. The molecule has 2 rings (SSSR count). The molecule has 4 nitrogen and oxygen atoms in total. The molecule has 1 amide bonds. The van der Waals surface area contributed by atoms with Crippen molar-refractivity contribution in [3.63, 3.8) is 0 Å². The van der Waals surface area contributed by atoms with E-state index < -0.39 is 0 Å². The number of amides is 1. The number of thioether (sulfide) groups is 1. The van der Waals surface area contributed by atoms with E-state index in [4.69, 9.17) is 0 Å². The Labute approximate surface area is 138 Å². The molecule has 2 N–H and O–H groups in total. The Balaban J connectivity index is 1.90. The highest BCUT2D eigenvalue weighted by atomic mass is 32.2. The molecule has 1 heterocycles. The number of likely N-dealkylation sites (tertiary alicyclic amines) is 1. The van der Waals surface area contributed by atoms with Crippen LogP contribution in [-0.2, 0) is 4.79 Å². The Kier molecular flexibility index (Phi) is 7.06. The van der Waals surface area contributed by atoms with Crippen molar-refractivity contribution in [2.75, 3.05) is 42.3 Å². The summed E-state index contributed by atoms with van der Waals surface area (Å²) in [7, 11) is 2.17. The van der Waals surface area contributed by atoms with Crippen LogP contribution in [0.5, 0.6) is 0 Å². The second kappa shape index (κ2) is 9.06. The number of rotatable bonds is 7. The van der Waals surface area contributed by atoms with Gasteiger partial charge in [-0.2, -0.15) is 11.8 Å². The maximum absolute atomic E-state index is 12.0. The number of benzene rings is 1. The molecule has 0 aromatic heterocycles. The van der Waals surface area contributed by atoms with Crippen LogP contribution < -0.4 is 10.6 Å². The normalized spacial score (nSPS) is 16.5. The largest absolute Gasteiger partial charge is 0.381 e. The molecule has 0 radical (unpaired) electrons. The van der Waals surface area contributed by atoms with E-state index in [-0.39, 0.29) is 5.91 Å². The van der Waals surface area contributed by atoms with Crippen molar-refractivity contribution in [3.05, 3.63) is 24.3 Å². The van der Waals surface area contributed by atoms with E-state index in [9.17, 15) is 4.79 Å². The number of carbonyl (C=O) groups excluding carboxylic acids is 1. The van der Waals surface area contributed by atoms with Gasteiger partial charge in [0.2, 0.25) is 5.91 Å². The van der Waals surface area contributed by atoms with Crippen LogP contribution in [0.15, 0.2) is 24.3 Å². The van der Waals surface area contributed by atoms with E-state index in [0.29, 0.717) is 11.8 Å². The summed E-state index contributed by atoms with van der Waals surface area (Å²) in [6.45, 7) is 4.38. The van der Waals surface area contributed by atoms with Crippen molar-refractivity contribution >= 4 is 29.0 Å². The Morgan fingerprint density at radius 3 is 2.64 bits per heavy atom. The van der Waals surface area contributed by atoms with Crippen LogP contribution in [0.2, 0.25) is 0 Å². The minimum absolute atomic E-state index is 0.0797. The highest BCUT2D eigenvalue weighted by Crippen LogP contribution is 2.24. The van der Waals surface area contributed by atoms with E-state index in [2.05, 4.69) is 29.5 Å². The summed E-state index contributed by atoms with van der Waals surface area (Å²) in [5.41, 5.74) is 1.93. The van der Waals surface area contributed by atoms with Crippen molar-refractivity contribution in [3.8, 4) is 0 Å². The lowest BCUT2D eigenvalue weighted by Crippen LogP contribution is -2.36. The molecule has 0 spiro atoms. The third kappa shape index (κ3) is 5.54. The molecular weight excluding hydrogens is 294 g/mol. The van der Waals surface area contributed by atoms with Gasteiger partial charge in [0.05, 0.1) is 17.1 Å². The number of para-hydroxylation sites is 2. The van der Waals surface area contributed by atoms with E-state index in [1.54, 1.807) is 11.8 Å². The fourth-order valence-electron chi connectivity index (χ4n) is 2.59. The number of nitrogens with zero attached hydrogens (tertiary/aromatic N) is 1. The monoisotopic (exact) mass is 321 g/mol. The van der Waals surface area contributed by atoms with Crippen molar-refractivity contribution < 1.29 is 4.79 Å². The number of carbonyl (C=O) groups is 1. The van der Waals surface area contributed by atoms with Crippen LogP contribution >= 0.6 is 11.8 Å². The van der Waals surface area contributed by atoms with Gasteiger partial charge in [0.25, 0.3) is 0 Å². The molecule has 1 fully saturated rings. The van der Waals surface area contributed by atoms with Crippen molar-refractivity contribution in [1.82, 2.24) is 4.90 Å². The number of anilines is 2. The smallest absolute Gasteiger partial charge is 0.234 e. The van der Waals surface area contributed by atoms with Gasteiger partial charge in [0.1, 0.15) is 0 Å². The second-order valence-corrected chi connectivity index (χ2v) is 6.97. The van der Waals surface area contributed by atoms with Crippen LogP contribution in [0.25, 0.3) is 0 Å². The third-order valence-electron chi connectivity index (χ3n) is 3.86. The molecule has 1 aromatic carbocycles. The molecule has 0 atom stereocenters. The van der Waals surface area contributed by atoms with Gasteiger partial charge in [-0.05, 0) is 57.3 Å². The van der Waals surface area contributed by atoms with E-state index >= 15 is 0 Å². The Hall–Kier alpha value is -1.20. The summed E-state index contributed by atoms with van der Waals surface area (Å²) in [4.78, 5) is 14.4. The average molecular weight is 321 g/mol. The van der Waals surface area contributed by atoms with Gasteiger partial charge in [0.15, 0.2) is 0 Å². The van der Waals surface area contributed by atoms with Crippen LogP contribution in [0.4, 0.5) is 11.4 Å². The maximum Gasteiger partial charge on any atom is 0.234 e. The van der Waals surface area contributed by atoms with E-state index in [0.717, 1.165) is 49.5 Å². The first-order valence-corrected chi connectivity index (χ1v) is 9.26. The first-order valence-electron chi connectivity index (χ1n) is 8.10. The van der Waals surface area contributed by atoms with E-state index in [1.165, 1.54) is 0 Å². The molecule has 1 aromatic rings. The molecule has 0 aliphatic carbocycles. The number of piperidine rings is 1. The Morgan fingerprint density at radius 1 is 1.27 bits per heavy atom. The number of hydrogen-bond donors (Lipinski definition) is 2. The third-order valence-corrected chi connectivity index (χ3v) is 5.02. The molecule has 22 heavy (non-hydrogen) atoms. The van der Waals surface area contributed by atoms with Crippen molar-refractivity contribution in [2.45, 2.75) is 32.2 Å². The standard InChI is InChI=1S/C17H27N3OS/c1-3-12-22-13-17(21)19-16-7-5-4-6-15(16)18-14-8-10-20(2)11-9-14/h4-7,14,18H,3,8-13H2,1-2H3,(H,19,21). The summed E-state index contributed by atoms with van der Waals surface area (Å²) < 4.78 is 0. The predicted octanol–water partition coefficient (Wildman–Crippen LogP) is 3.27. The molecule has 1 aliphatic rings. The molecule has 0 unspecified atom stereocenters. The van der Waals surface area contributed by atoms with Crippen LogP contribution in [0, 0.1) is 0 Å². The maximum atomic E-state index is 12.0. The second-order valence-electron chi connectivity index (χ2n) is 5.87. The zero-order valence-corrected chi connectivity index (χ0v) is 14.4. The molecular formula is C17H27N3OS. The zero-order chi connectivity index (χ0) is 15.8. The highest BCUT2D eigenvalue weighted by Gasteiger charge is 2.17. The summed E-state index contributed by atoms with van der Waals surface area (Å²) in [5, 5.41) is 6.63. The fourth-order valence-corrected chi connectivity index (χ4v) is 3.28. The fraction of sp³-hybridized carbons (Fsp3) is 0.588. The Bertz CT molecular complexity index is 473. The predicted molar refractivity (Wildman–Crippen MR) is 96.8 cm³/mol. The minimum Gasteiger partial charge on any atom is -0.381 e. The minimum atomic E-state index is 0.0797. The van der Waals surface area contributed by atoms with Gasteiger partial charge in [-0.25, -0.2) is 0 Å². The van der Waals surface area contributed by atoms with Gasteiger partial charge in [-0.15, -0.1) is 0 Å². The molecule has 1 saturated heterocycles. The first kappa shape index (κ1) is 17.2. The van der Waals surface area contributed by atoms with Gasteiger partial charge in [-0.1, -0.05) is 19.1 Å². The average Bonchev–Trinajstić information content (AvgIpc) is 2.52. The summed E-state index contributed by atoms with van der Waals surface area (Å²) in [6.07, 6.45) is 3.39. The van der Waals surface area contributed by atoms with Gasteiger partial charge >= 0.3 is 0 Å². The zero-order valence-electron chi connectivity index (χ0n) is 13.6. The topological polar surface area (TPSA) is 44.4 Å². The summed E-state index contributed by atoms with van der Waals surface area (Å²) >= 11 is 1.68. The lowest BCUT2D eigenvalue weighted by atomic mass is 10.0. The molecule has 122 valence electrons. The summed E-state index contributed by atoms with van der Waals surface area (Å²) in [6, 6.07) is 8.49. The van der Waals surface area contributed by atoms with Gasteiger partial charge < -0.3 is 15.5 Å². The lowest BCUT2D eigenvalue weighted by molar-refractivity contribution is -0.113. The number of nitrogens with one attached hydrogen (secondary N) is 2. The number of hydrogen-bond acceptors (Lipinski definition) is 4. The highest BCUT2D eigenvalue weighted by molar-refractivity contribution is 7.99. The first-order chi connectivity index (χ1) is 10.7. The van der Waals surface area contributed by atoms with Crippen LogP contribution in [0.1, 0.15) is 26.2 Å². The van der Waals surface area contributed by atoms with Gasteiger partial charge in [-0.3, -0.25) is 4.79 Å². The van der Waals surface area contributed by atoms with Crippen molar-refractivity contribution in [1.29, 1.82) is 0 Å². The quantitative estimate of drug-likeness (QED) is 0.757. The van der Waals surface area contributed by atoms with Crippen LogP contribution in [-0.4, -0.2) is 48.5 Å². The van der Waals surface area contributed by atoms with E-state index in [1.807, 2.05) is 24.3 Å². The lowest BCUT2D eigenvalue weighted by Gasteiger charge is -2.30. The van der Waals surface area contributed by atoms with Gasteiger partial charge in [0, 0.05) is 6.04 Å². The van der Waals surface area contributed by atoms with Crippen molar-refractivity contribution in [2.24, 2.45) is 0 Å². The SMILES string of the molecule is CCCSCC(=O)Nc1ccccc1NC1CCN(C)CC1. The molecule has 0 saturated carbocycles. The Morgan fingerprint density at radius 2 is 1.95 bits per heavy atom. The molecule has 1 aliphatic heterocycles. The molecule has 0 bridgehead atoms. The summed E-state index contributed by atoms with van der Waals surface area (Å²) in [5.74, 6) is 1.63. The van der Waals surface area contributed by atoms with Crippen LogP contribution in [0.3, 0.4) is 0 Å².